The Balaban J connectivity index is 1.55. The highest BCUT2D eigenvalue weighted by Crippen LogP contribution is 2.65. The van der Waals surface area contributed by atoms with Crippen molar-refractivity contribution in [3.8, 4) is 11.5 Å². The van der Waals surface area contributed by atoms with E-state index in [0.717, 1.165) is 40.4 Å². The lowest BCUT2D eigenvalue weighted by Gasteiger charge is -2.59. The smallest absolute Gasteiger partial charge is 0.308 e. The van der Waals surface area contributed by atoms with Crippen molar-refractivity contribution in [1.29, 1.82) is 0 Å². The molecule has 0 spiro atoms. The number of carbonyl (C=O) groups excluding carboxylic acids is 1. The Hall–Kier alpha value is -2.29. The van der Waals surface area contributed by atoms with Crippen LogP contribution in [0.2, 0.25) is 0 Å². The van der Waals surface area contributed by atoms with Gasteiger partial charge in [0.2, 0.25) is 0 Å². The molecule has 6 unspecified atom stereocenters. The van der Waals surface area contributed by atoms with Crippen LogP contribution in [0.1, 0.15) is 77.8 Å². The van der Waals surface area contributed by atoms with Crippen molar-refractivity contribution in [2.24, 2.45) is 23.7 Å². The topological polar surface area (TPSA) is 35.5 Å². The maximum Gasteiger partial charge on any atom is 0.308 e. The second-order valence-electron chi connectivity index (χ2n) is 10.8. The Morgan fingerprint density at radius 2 is 1.22 bits per heavy atom. The number of hydrogen-bond acceptors (Lipinski definition) is 3. The van der Waals surface area contributed by atoms with E-state index in [2.05, 4.69) is 52.0 Å². The Labute approximate surface area is 192 Å². The minimum Gasteiger partial charge on any atom is -0.496 e. The highest BCUT2D eigenvalue weighted by atomic mass is 16.5. The van der Waals surface area contributed by atoms with Crippen LogP contribution in [0.4, 0.5) is 0 Å². The normalized spacial score (nSPS) is 30.4. The molecule has 0 radical (unpaired) electrons. The number of esters is 1. The molecule has 0 heterocycles. The maximum absolute atomic E-state index is 11.6. The average Bonchev–Trinajstić information content (AvgIpc) is 2.70. The van der Waals surface area contributed by atoms with E-state index in [4.69, 9.17) is 9.47 Å². The molecule has 170 valence electrons. The van der Waals surface area contributed by atoms with Crippen LogP contribution in [0.3, 0.4) is 0 Å². The van der Waals surface area contributed by atoms with E-state index in [1.54, 1.807) is 7.11 Å². The first-order valence-electron chi connectivity index (χ1n) is 12.2. The number of ether oxygens (including phenoxy) is 2. The quantitative estimate of drug-likeness (QED) is 0.394. The van der Waals surface area contributed by atoms with Gasteiger partial charge in [-0.05, 0) is 122 Å². The number of hydrogen-bond donors (Lipinski definition) is 0. The lowest BCUT2D eigenvalue weighted by atomic mass is 9.46. The third kappa shape index (κ3) is 3.45. The third-order valence-electron chi connectivity index (χ3n) is 8.61. The van der Waals surface area contributed by atoms with Gasteiger partial charge in [0.05, 0.1) is 7.11 Å². The summed E-state index contributed by atoms with van der Waals surface area (Å²) in [6.07, 6.45) is 5.47. The number of benzene rings is 2. The van der Waals surface area contributed by atoms with E-state index in [1.165, 1.54) is 54.9 Å². The lowest BCUT2D eigenvalue weighted by molar-refractivity contribution is -0.131. The van der Waals surface area contributed by atoms with Crippen molar-refractivity contribution in [3.05, 3.63) is 57.6 Å². The van der Waals surface area contributed by atoms with Crippen molar-refractivity contribution in [1.82, 2.24) is 0 Å². The van der Waals surface area contributed by atoms with Crippen LogP contribution in [0.15, 0.2) is 24.3 Å². The molecule has 0 aromatic heterocycles. The summed E-state index contributed by atoms with van der Waals surface area (Å²) in [7, 11) is 1.78. The Bertz CT molecular complexity index is 1020. The highest BCUT2D eigenvalue weighted by molar-refractivity contribution is 5.70. The van der Waals surface area contributed by atoms with E-state index in [0.29, 0.717) is 17.8 Å². The summed E-state index contributed by atoms with van der Waals surface area (Å²) in [6.45, 7) is 10.0. The van der Waals surface area contributed by atoms with Gasteiger partial charge in [-0.15, -0.1) is 0 Å². The minimum absolute atomic E-state index is 0.246. The van der Waals surface area contributed by atoms with Crippen molar-refractivity contribution >= 4 is 5.97 Å². The highest BCUT2D eigenvalue weighted by Gasteiger charge is 2.54. The summed E-state index contributed by atoms with van der Waals surface area (Å²) in [5, 5.41) is 0. The Morgan fingerprint density at radius 1 is 0.750 bits per heavy atom. The van der Waals surface area contributed by atoms with Gasteiger partial charge in [0, 0.05) is 6.92 Å². The second-order valence-corrected chi connectivity index (χ2v) is 10.8. The first-order valence-corrected chi connectivity index (χ1v) is 12.2. The van der Waals surface area contributed by atoms with E-state index >= 15 is 0 Å². The monoisotopic (exact) mass is 432 g/mol. The first-order chi connectivity index (χ1) is 15.3. The standard InChI is InChI=1S/C29H36O3/c1-15-7-21(8-16(2)28(15)31-6)26-23-11-20-12-24(14-23)27(25(26)13-20)22-9-17(3)29(18(4)10-22)32-19(5)30/h7-10,20,23-27H,11-14H2,1-6H3. The summed E-state index contributed by atoms with van der Waals surface area (Å²) in [4.78, 5) is 11.6. The van der Waals surface area contributed by atoms with Crippen LogP contribution in [0.25, 0.3) is 0 Å². The Kier molecular flexibility index (Phi) is 5.34. The molecule has 4 saturated carbocycles. The molecule has 4 bridgehead atoms. The molecular formula is C29H36O3. The summed E-state index contributed by atoms with van der Waals surface area (Å²) in [6, 6.07) is 9.41. The zero-order valence-corrected chi connectivity index (χ0v) is 20.3. The summed E-state index contributed by atoms with van der Waals surface area (Å²) in [5.41, 5.74) is 7.64. The van der Waals surface area contributed by atoms with Crippen LogP contribution in [-0.4, -0.2) is 13.1 Å². The molecule has 3 nitrogen and oxygen atoms in total. The van der Waals surface area contributed by atoms with Crippen molar-refractivity contribution in [2.75, 3.05) is 7.11 Å². The number of methoxy groups -OCH3 is 1. The number of rotatable bonds is 4. The van der Waals surface area contributed by atoms with Crippen molar-refractivity contribution in [2.45, 2.75) is 72.1 Å². The largest absolute Gasteiger partial charge is 0.496 e. The van der Waals surface area contributed by atoms with E-state index in [1.807, 2.05) is 0 Å². The molecule has 0 saturated heterocycles. The fourth-order valence-electron chi connectivity index (χ4n) is 7.93. The van der Waals surface area contributed by atoms with Gasteiger partial charge in [0.1, 0.15) is 11.5 Å². The second kappa shape index (κ2) is 7.93. The van der Waals surface area contributed by atoms with Gasteiger partial charge in [0.15, 0.2) is 0 Å². The molecule has 4 aliphatic rings. The SMILES string of the molecule is COc1c(C)cc(C2C3CC4CC(C3)C(c3cc(C)c(OC(C)=O)c(C)c3)C2C4)cc1C. The fourth-order valence-corrected chi connectivity index (χ4v) is 7.93. The van der Waals surface area contributed by atoms with Gasteiger partial charge < -0.3 is 9.47 Å². The number of carbonyl (C=O) groups is 1. The van der Waals surface area contributed by atoms with Crippen LogP contribution >= 0.6 is 0 Å². The number of aryl methyl sites for hydroxylation is 4. The Morgan fingerprint density at radius 3 is 1.66 bits per heavy atom. The molecule has 0 amide bonds. The van der Waals surface area contributed by atoms with E-state index in [9.17, 15) is 4.79 Å². The van der Waals surface area contributed by atoms with Crippen LogP contribution in [-0.2, 0) is 4.79 Å². The molecule has 6 atom stereocenters. The van der Waals surface area contributed by atoms with Gasteiger partial charge in [-0.2, -0.15) is 0 Å². The first kappa shape index (κ1) is 21.6. The van der Waals surface area contributed by atoms with Gasteiger partial charge in [0.25, 0.3) is 0 Å². The van der Waals surface area contributed by atoms with E-state index < -0.39 is 0 Å². The van der Waals surface area contributed by atoms with Crippen LogP contribution in [0.5, 0.6) is 11.5 Å². The van der Waals surface area contributed by atoms with Gasteiger partial charge in [-0.25, -0.2) is 0 Å². The van der Waals surface area contributed by atoms with Crippen LogP contribution < -0.4 is 9.47 Å². The molecule has 3 heteroatoms. The molecule has 0 aliphatic heterocycles. The lowest BCUT2D eigenvalue weighted by Crippen LogP contribution is -2.48. The molecule has 2 aromatic carbocycles. The van der Waals surface area contributed by atoms with Crippen molar-refractivity contribution in [3.63, 3.8) is 0 Å². The zero-order valence-electron chi connectivity index (χ0n) is 20.3. The van der Waals surface area contributed by atoms with E-state index in [-0.39, 0.29) is 5.97 Å². The zero-order chi connectivity index (χ0) is 22.7. The summed E-state index contributed by atoms with van der Waals surface area (Å²) in [5.74, 6) is 5.93. The minimum atomic E-state index is -0.246. The summed E-state index contributed by atoms with van der Waals surface area (Å²) < 4.78 is 11.2. The molecule has 4 fully saturated rings. The van der Waals surface area contributed by atoms with Crippen LogP contribution in [0, 0.1) is 51.4 Å². The van der Waals surface area contributed by atoms with Gasteiger partial charge in [-0.3, -0.25) is 4.79 Å². The van der Waals surface area contributed by atoms with Crippen molar-refractivity contribution < 1.29 is 14.3 Å². The molecule has 0 N–H and O–H groups in total. The predicted octanol–water partition coefficient (Wildman–Crippen LogP) is 6.79. The molecule has 32 heavy (non-hydrogen) atoms. The fraction of sp³-hybridized carbons (Fsp3) is 0.552. The molecule has 4 aliphatic carbocycles. The summed E-state index contributed by atoms with van der Waals surface area (Å²) >= 11 is 0. The molecule has 2 aromatic rings. The van der Waals surface area contributed by atoms with Gasteiger partial charge >= 0.3 is 5.97 Å². The predicted molar refractivity (Wildman–Crippen MR) is 128 cm³/mol. The average molecular weight is 433 g/mol. The third-order valence-corrected chi connectivity index (χ3v) is 8.61. The maximum atomic E-state index is 11.6. The molecule has 6 rings (SSSR count). The molecular weight excluding hydrogens is 396 g/mol. The van der Waals surface area contributed by atoms with Gasteiger partial charge in [-0.1, -0.05) is 24.3 Å².